The van der Waals surface area contributed by atoms with E-state index in [-0.39, 0.29) is 23.8 Å². The average molecular weight is 184 g/mol. The van der Waals surface area contributed by atoms with Crippen LogP contribution in [0.4, 0.5) is 0 Å². The van der Waals surface area contributed by atoms with Crippen LogP contribution < -0.4 is 10.6 Å². The fraction of sp³-hybridized carbons (Fsp3) is 0.778. The van der Waals surface area contributed by atoms with E-state index < -0.39 is 0 Å². The van der Waals surface area contributed by atoms with Gasteiger partial charge in [-0.15, -0.1) is 0 Å². The van der Waals surface area contributed by atoms with Gasteiger partial charge in [-0.25, -0.2) is 0 Å². The zero-order valence-corrected chi connectivity index (χ0v) is 8.09. The summed E-state index contributed by atoms with van der Waals surface area (Å²) in [6, 6.07) is 0.171. The second-order valence-corrected chi connectivity index (χ2v) is 3.70. The minimum absolute atomic E-state index is 0.0416. The molecule has 1 atom stereocenters. The monoisotopic (exact) mass is 184 g/mol. The van der Waals surface area contributed by atoms with E-state index in [0.29, 0.717) is 19.4 Å². The van der Waals surface area contributed by atoms with E-state index in [1.807, 2.05) is 13.8 Å². The van der Waals surface area contributed by atoms with Crippen molar-refractivity contribution in [3.8, 4) is 0 Å². The van der Waals surface area contributed by atoms with Gasteiger partial charge < -0.3 is 10.6 Å². The van der Waals surface area contributed by atoms with Crippen LogP contribution in [0.1, 0.15) is 26.7 Å². The first-order valence-corrected chi connectivity index (χ1v) is 4.66. The molecular formula is C9H16N2O2. The molecule has 1 heterocycles. The highest BCUT2D eigenvalue weighted by Gasteiger charge is 2.24. The fourth-order valence-corrected chi connectivity index (χ4v) is 1.36. The predicted molar refractivity (Wildman–Crippen MR) is 49.0 cm³/mol. The third-order valence-corrected chi connectivity index (χ3v) is 2.07. The van der Waals surface area contributed by atoms with E-state index in [9.17, 15) is 9.59 Å². The lowest BCUT2D eigenvalue weighted by molar-refractivity contribution is -0.129. The van der Waals surface area contributed by atoms with E-state index in [2.05, 4.69) is 10.6 Å². The van der Waals surface area contributed by atoms with Crippen molar-refractivity contribution in [2.24, 2.45) is 5.92 Å². The maximum Gasteiger partial charge on any atom is 0.225 e. The van der Waals surface area contributed by atoms with Crippen molar-refractivity contribution in [3.05, 3.63) is 0 Å². The molecular weight excluding hydrogens is 168 g/mol. The van der Waals surface area contributed by atoms with Gasteiger partial charge in [-0.05, 0) is 20.3 Å². The molecule has 0 aromatic heterocycles. The number of amides is 2. The molecule has 0 saturated carbocycles. The third kappa shape index (κ3) is 3.05. The van der Waals surface area contributed by atoms with Crippen molar-refractivity contribution in [2.75, 3.05) is 6.54 Å². The van der Waals surface area contributed by atoms with Crippen LogP contribution in [-0.4, -0.2) is 24.4 Å². The molecule has 0 aromatic carbocycles. The second-order valence-electron chi connectivity index (χ2n) is 3.70. The van der Waals surface area contributed by atoms with Crippen LogP contribution in [0.5, 0.6) is 0 Å². The quantitative estimate of drug-likeness (QED) is 0.636. The molecule has 0 aliphatic carbocycles. The first-order valence-electron chi connectivity index (χ1n) is 4.66. The molecule has 1 aliphatic heterocycles. The molecule has 0 bridgehead atoms. The first-order chi connectivity index (χ1) is 6.09. The summed E-state index contributed by atoms with van der Waals surface area (Å²) >= 11 is 0. The number of rotatable bonds is 2. The standard InChI is InChI=1S/C9H16N2O2/c1-6(2)11-9(13)7-3-4-8(12)10-5-7/h6-7H,3-5H2,1-2H3,(H,10,12)(H,11,13). The number of hydrogen-bond acceptors (Lipinski definition) is 2. The molecule has 4 heteroatoms. The predicted octanol–water partition coefficient (Wildman–Crippen LogP) is 0.0372. The van der Waals surface area contributed by atoms with Gasteiger partial charge in [0.1, 0.15) is 0 Å². The summed E-state index contributed by atoms with van der Waals surface area (Å²) in [6.07, 6.45) is 1.14. The van der Waals surface area contributed by atoms with Gasteiger partial charge in [0, 0.05) is 19.0 Å². The summed E-state index contributed by atoms with van der Waals surface area (Å²) in [5.41, 5.74) is 0. The highest BCUT2D eigenvalue weighted by atomic mass is 16.2. The Kier molecular flexibility index (Phi) is 3.28. The van der Waals surface area contributed by atoms with E-state index in [0.717, 1.165) is 0 Å². The van der Waals surface area contributed by atoms with Crippen molar-refractivity contribution < 1.29 is 9.59 Å². The van der Waals surface area contributed by atoms with Crippen LogP contribution in [0.3, 0.4) is 0 Å². The van der Waals surface area contributed by atoms with Crippen LogP contribution in [0, 0.1) is 5.92 Å². The molecule has 1 rings (SSSR count). The molecule has 1 saturated heterocycles. The normalized spacial score (nSPS) is 22.7. The Hall–Kier alpha value is -1.06. The zero-order chi connectivity index (χ0) is 9.84. The van der Waals surface area contributed by atoms with E-state index >= 15 is 0 Å². The van der Waals surface area contributed by atoms with Crippen LogP contribution in [0.2, 0.25) is 0 Å². The first kappa shape index (κ1) is 10.0. The van der Waals surface area contributed by atoms with Gasteiger partial charge in [0.25, 0.3) is 0 Å². The largest absolute Gasteiger partial charge is 0.355 e. The Labute approximate surface area is 78.1 Å². The summed E-state index contributed by atoms with van der Waals surface area (Å²) in [4.78, 5) is 22.3. The third-order valence-electron chi connectivity index (χ3n) is 2.07. The molecule has 4 nitrogen and oxygen atoms in total. The van der Waals surface area contributed by atoms with Gasteiger partial charge in [0.15, 0.2) is 0 Å². The molecule has 2 N–H and O–H groups in total. The second kappa shape index (κ2) is 4.25. The van der Waals surface area contributed by atoms with Crippen molar-refractivity contribution >= 4 is 11.8 Å². The van der Waals surface area contributed by atoms with E-state index in [1.165, 1.54) is 0 Å². The number of hydrogen-bond donors (Lipinski definition) is 2. The van der Waals surface area contributed by atoms with Crippen molar-refractivity contribution in [1.82, 2.24) is 10.6 Å². The fourth-order valence-electron chi connectivity index (χ4n) is 1.36. The number of carbonyl (C=O) groups is 2. The lowest BCUT2D eigenvalue weighted by Gasteiger charge is -2.22. The molecule has 0 spiro atoms. The molecule has 74 valence electrons. The van der Waals surface area contributed by atoms with Crippen molar-refractivity contribution in [3.63, 3.8) is 0 Å². The van der Waals surface area contributed by atoms with Gasteiger partial charge in [0.05, 0.1) is 5.92 Å². The Morgan fingerprint density at radius 1 is 1.62 bits per heavy atom. The smallest absolute Gasteiger partial charge is 0.225 e. The molecule has 0 aromatic rings. The Balaban J connectivity index is 2.35. The van der Waals surface area contributed by atoms with E-state index in [4.69, 9.17) is 0 Å². The Morgan fingerprint density at radius 3 is 2.77 bits per heavy atom. The number of piperidine rings is 1. The van der Waals surface area contributed by atoms with Crippen LogP contribution in [-0.2, 0) is 9.59 Å². The SMILES string of the molecule is CC(C)NC(=O)C1CCC(=O)NC1. The van der Waals surface area contributed by atoms with E-state index in [1.54, 1.807) is 0 Å². The van der Waals surface area contributed by atoms with Crippen LogP contribution in [0.15, 0.2) is 0 Å². The maximum absolute atomic E-state index is 11.5. The summed E-state index contributed by atoms with van der Waals surface area (Å²) in [6.45, 7) is 4.34. The lowest BCUT2D eigenvalue weighted by Crippen LogP contribution is -2.44. The van der Waals surface area contributed by atoms with Gasteiger partial charge in [-0.3, -0.25) is 9.59 Å². The van der Waals surface area contributed by atoms with Gasteiger partial charge in [-0.2, -0.15) is 0 Å². The van der Waals surface area contributed by atoms with Crippen LogP contribution in [0.25, 0.3) is 0 Å². The summed E-state index contributed by atoms with van der Waals surface area (Å²) in [5.74, 6) is 0.0590. The molecule has 1 fully saturated rings. The van der Waals surface area contributed by atoms with Gasteiger partial charge in [0.2, 0.25) is 11.8 Å². The molecule has 0 radical (unpaired) electrons. The molecule has 1 unspecified atom stereocenters. The van der Waals surface area contributed by atoms with Crippen LogP contribution >= 0.6 is 0 Å². The molecule has 2 amide bonds. The highest BCUT2D eigenvalue weighted by Crippen LogP contribution is 2.10. The minimum atomic E-state index is -0.0416. The summed E-state index contributed by atoms with van der Waals surface area (Å²) in [5, 5.41) is 5.52. The summed E-state index contributed by atoms with van der Waals surface area (Å²) in [7, 11) is 0. The molecule has 13 heavy (non-hydrogen) atoms. The van der Waals surface area contributed by atoms with Gasteiger partial charge >= 0.3 is 0 Å². The lowest BCUT2D eigenvalue weighted by atomic mass is 9.98. The van der Waals surface area contributed by atoms with Crippen molar-refractivity contribution in [2.45, 2.75) is 32.7 Å². The topological polar surface area (TPSA) is 58.2 Å². The average Bonchev–Trinajstić information content (AvgIpc) is 2.04. The van der Waals surface area contributed by atoms with Crippen molar-refractivity contribution in [1.29, 1.82) is 0 Å². The molecule has 1 aliphatic rings. The number of carbonyl (C=O) groups excluding carboxylic acids is 2. The highest BCUT2D eigenvalue weighted by molar-refractivity contribution is 5.83. The Morgan fingerprint density at radius 2 is 2.31 bits per heavy atom. The minimum Gasteiger partial charge on any atom is -0.355 e. The van der Waals surface area contributed by atoms with Gasteiger partial charge in [-0.1, -0.05) is 0 Å². The number of nitrogens with one attached hydrogen (secondary N) is 2. The Bertz CT molecular complexity index is 204. The zero-order valence-electron chi connectivity index (χ0n) is 8.09. The summed E-state index contributed by atoms with van der Waals surface area (Å²) < 4.78 is 0. The maximum atomic E-state index is 11.5.